The van der Waals surface area contributed by atoms with Gasteiger partial charge in [-0.2, -0.15) is 9.97 Å². The molecule has 0 saturated carbocycles. The van der Waals surface area contributed by atoms with Gasteiger partial charge in [-0.1, -0.05) is 0 Å². The second-order valence-electron chi connectivity index (χ2n) is 10.6. The molecule has 0 spiro atoms. The van der Waals surface area contributed by atoms with Crippen LogP contribution < -0.4 is 31.3 Å². The average Bonchev–Trinajstić information content (AvgIpc) is 3.50. The normalized spacial score (nSPS) is 12.3. The predicted octanol–water partition coefficient (Wildman–Crippen LogP) is 4.73. The number of aliphatic imine (C=N–C) groups is 1. The lowest BCUT2D eigenvalue weighted by atomic mass is 10.0. The summed E-state index contributed by atoms with van der Waals surface area (Å²) >= 11 is 0. The van der Waals surface area contributed by atoms with E-state index in [2.05, 4.69) is 35.5 Å². The molecule has 0 aliphatic heterocycles. The first-order valence-electron chi connectivity index (χ1n) is 14.1. The zero-order valence-corrected chi connectivity index (χ0v) is 27.0. The van der Waals surface area contributed by atoms with Crippen molar-refractivity contribution in [1.29, 1.82) is 0 Å². The van der Waals surface area contributed by atoms with Gasteiger partial charge in [0.15, 0.2) is 0 Å². The van der Waals surface area contributed by atoms with Crippen molar-refractivity contribution >= 4 is 75.1 Å². The highest BCUT2D eigenvalue weighted by atomic mass is 31.2. The molecule has 3 heterocycles. The van der Waals surface area contributed by atoms with Gasteiger partial charge in [-0.05, 0) is 37.6 Å². The number of nitrogens with one attached hydrogen (secondary N) is 3. The highest BCUT2D eigenvalue weighted by molar-refractivity contribution is 7.71. The van der Waals surface area contributed by atoms with Crippen LogP contribution in [-0.4, -0.2) is 85.9 Å². The van der Waals surface area contributed by atoms with Crippen molar-refractivity contribution in [2.45, 2.75) is 0 Å². The van der Waals surface area contributed by atoms with Crippen LogP contribution in [0, 0.1) is 0 Å². The molecule has 2 aromatic carbocycles. The van der Waals surface area contributed by atoms with Crippen molar-refractivity contribution in [3.8, 4) is 5.75 Å². The van der Waals surface area contributed by atoms with Gasteiger partial charge in [0.05, 0.1) is 41.3 Å². The summed E-state index contributed by atoms with van der Waals surface area (Å²) in [4.78, 5) is 27.9. The third-order valence-corrected chi connectivity index (χ3v) is 8.72. The van der Waals surface area contributed by atoms with E-state index >= 15 is 0 Å². The molecular weight excluding hydrogens is 591 g/mol. The number of aromatic amines is 1. The van der Waals surface area contributed by atoms with Gasteiger partial charge in [0, 0.05) is 81.6 Å². The molecule has 5 aromatic rings. The molecule has 0 aliphatic rings. The van der Waals surface area contributed by atoms with E-state index in [-0.39, 0.29) is 0 Å². The topological polar surface area (TPSA) is 169 Å². The third kappa shape index (κ3) is 6.59. The van der Waals surface area contributed by atoms with E-state index in [9.17, 15) is 4.57 Å². The molecule has 0 bridgehead atoms. The molecule has 0 saturated heterocycles. The van der Waals surface area contributed by atoms with Crippen LogP contribution in [-0.2, 0) is 9.30 Å². The van der Waals surface area contributed by atoms with Gasteiger partial charge in [-0.25, -0.2) is 0 Å². The molecule has 0 atom stereocenters. The Morgan fingerprint density at radius 3 is 2.62 bits per heavy atom. The number of hydrogen-bond acceptors (Lipinski definition) is 12. The van der Waals surface area contributed by atoms with Gasteiger partial charge < -0.3 is 40.3 Å². The summed E-state index contributed by atoms with van der Waals surface area (Å²) in [6, 6.07) is 9.43. The lowest BCUT2D eigenvalue weighted by Gasteiger charge is -2.25. The Morgan fingerprint density at radius 2 is 1.91 bits per heavy atom. The molecule has 0 fully saturated rings. The lowest BCUT2D eigenvalue weighted by Crippen LogP contribution is -2.23. The average molecular weight is 629 g/mol. The van der Waals surface area contributed by atoms with Gasteiger partial charge in [0.2, 0.25) is 5.95 Å². The lowest BCUT2D eigenvalue weighted by molar-refractivity contribution is 0.206. The molecule has 5 N–H and O–H groups in total. The molecule has 5 rings (SSSR count). The molecule has 14 heteroatoms. The first-order valence-corrected chi connectivity index (χ1v) is 16.7. The standard InChI is InChI=1S/C31H37N10O3P/c1-33-18-19(17-32)21-15-24(26(44-4)16-25(21)41(2)13-14-43-3)38-31-39-29-20(9-10-36-29)30(40-31)37-23-8-7-22-27(35-12-11-34-22)28(23)45(5,6)42/h7-12,15-18H,13-14,32H2,1-6H3,(H3,36,37,38,39,40). The summed E-state index contributed by atoms with van der Waals surface area (Å²) in [6.07, 6.45) is 8.22. The number of nitrogens with zero attached hydrogens (tertiary/aromatic N) is 6. The monoisotopic (exact) mass is 628 g/mol. The number of fused-ring (bicyclic) bond motifs is 2. The summed E-state index contributed by atoms with van der Waals surface area (Å²) in [5, 5.41) is 8.10. The minimum Gasteiger partial charge on any atom is -0.494 e. The van der Waals surface area contributed by atoms with Crippen molar-refractivity contribution in [2.24, 2.45) is 10.7 Å². The number of rotatable bonds is 12. The van der Waals surface area contributed by atoms with Crippen LogP contribution in [0.15, 0.2) is 60.1 Å². The van der Waals surface area contributed by atoms with Crippen molar-refractivity contribution < 1.29 is 14.0 Å². The number of methoxy groups -OCH3 is 2. The van der Waals surface area contributed by atoms with Gasteiger partial charge >= 0.3 is 0 Å². The van der Waals surface area contributed by atoms with Crippen LogP contribution >= 0.6 is 7.14 Å². The third-order valence-electron chi connectivity index (χ3n) is 7.19. The minimum atomic E-state index is -2.79. The largest absolute Gasteiger partial charge is 0.494 e. The summed E-state index contributed by atoms with van der Waals surface area (Å²) in [7, 11) is 4.14. The van der Waals surface area contributed by atoms with E-state index in [1.165, 1.54) is 6.20 Å². The summed E-state index contributed by atoms with van der Waals surface area (Å²) in [6.45, 7) is 4.62. The fourth-order valence-electron chi connectivity index (χ4n) is 5.08. The van der Waals surface area contributed by atoms with E-state index in [0.29, 0.717) is 64.0 Å². The van der Waals surface area contributed by atoms with Crippen molar-refractivity contribution in [3.05, 3.63) is 60.7 Å². The molecule has 13 nitrogen and oxygen atoms in total. The van der Waals surface area contributed by atoms with Crippen molar-refractivity contribution in [2.75, 3.05) is 70.3 Å². The number of benzene rings is 2. The van der Waals surface area contributed by atoms with Gasteiger partial charge in [0.1, 0.15) is 29.9 Å². The smallest absolute Gasteiger partial charge is 0.231 e. The Bertz CT molecular complexity index is 1950. The molecule has 0 aliphatic carbocycles. The Hall–Kier alpha value is -5.00. The van der Waals surface area contributed by atoms with Crippen LogP contribution in [0.3, 0.4) is 0 Å². The Labute approximate surface area is 261 Å². The molecule has 0 radical (unpaired) electrons. The van der Waals surface area contributed by atoms with E-state index in [0.717, 1.165) is 22.2 Å². The van der Waals surface area contributed by atoms with Crippen LogP contribution in [0.2, 0.25) is 0 Å². The highest BCUT2D eigenvalue weighted by Crippen LogP contribution is 2.42. The SMILES string of the molecule is CN=CC(=CN)c1cc(Nc2nc(Nc3ccc4nccnc4c3P(C)(C)=O)c3cc[nH]c3n2)c(OC)cc1N(C)CCOC. The molecule has 234 valence electrons. The van der Waals surface area contributed by atoms with E-state index in [1.807, 2.05) is 37.4 Å². The molecular formula is C31H37N10O3P. The number of likely N-dealkylation sites (N-methyl/N-ethyl adjacent to an activating group) is 1. The molecule has 0 amide bonds. The van der Waals surface area contributed by atoms with Crippen LogP contribution in [0.25, 0.3) is 27.6 Å². The zero-order valence-electron chi connectivity index (χ0n) is 26.1. The fraction of sp³-hybridized carbons (Fsp3) is 0.258. The molecule has 0 unspecified atom stereocenters. The predicted molar refractivity (Wildman–Crippen MR) is 184 cm³/mol. The zero-order chi connectivity index (χ0) is 32.1. The minimum absolute atomic E-state index is 0.304. The number of allylic oxidation sites excluding steroid dienone is 1. The van der Waals surface area contributed by atoms with E-state index < -0.39 is 7.14 Å². The quantitative estimate of drug-likeness (QED) is 0.111. The Balaban J connectivity index is 1.61. The van der Waals surface area contributed by atoms with Crippen LogP contribution in [0.4, 0.5) is 28.8 Å². The number of ether oxygens (including phenoxy) is 2. The van der Waals surface area contributed by atoms with Crippen LogP contribution in [0.5, 0.6) is 5.75 Å². The second kappa shape index (κ2) is 13.3. The van der Waals surface area contributed by atoms with Crippen LogP contribution in [0.1, 0.15) is 5.56 Å². The number of hydrogen-bond donors (Lipinski definition) is 4. The summed E-state index contributed by atoms with van der Waals surface area (Å²) in [5.74, 6) is 1.39. The fourth-order valence-corrected chi connectivity index (χ4v) is 6.47. The molecule has 3 aromatic heterocycles. The van der Waals surface area contributed by atoms with E-state index in [4.69, 9.17) is 25.2 Å². The van der Waals surface area contributed by atoms with Crippen molar-refractivity contribution in [1.82, 2.24) is 24.9 Å². The summed E-state index contributed by atoms with van der Waals surface area (Å²) < 4.78 is 24.6. The number of anilines is 5. The van der Waals surface area contributed by atoms with E-state index in [1.54, 1.807) is 59.4 Å². The molecule has 45 heavy (non-hydrogen) atoms. The van der Waals surface area contributed by atoms with Gasteiger partial charge in [0.25, 0.3) is 0 Å². The van der Waals surface area contributed by atoms with Gasteiger partial charge in [-0.3, -0.25) is 15.0 Å². The second-order valence-corrected chi connectivity index (χ2v) is 13.8. The maximum atomic E-state index is 13.5. The Morgan fingerprint density at radius 1 is 1.11 bits per heavy atom. The Kier molecular flexibility index (Phi) is 9.31. The maximum Gasteiger partial charge on any atom is 0.231 e. The maximum absolute atomic E-state index is 13.5. The number of H-pyrrole nitrogens is 1. The number of nitrogens with two attached hydrogens (primary N) is 1. The van der Waals surface area contributed by atoms with Gasteiger partial charge in [-0.15, -0.1) is 0 Å². The number of aromatic nitrogens is 5. The first-order chi connectivity index (χ1) is 21.7. The van der Waals surface area contributed by atoms with Crippen molar-refractivity contribution in [3.63, 3.8) is 0 Å². The summed E-state index contributed by atoms with van der Waals surface area (Å²) in [5.41, 5.74) is 11.6. The first kappa shape index (κ1) is 31.4. The highest BCUT2D eigenvalue weighted by Gasteiger charge is 2.23.